The Balaban J connectivity index is 1.76. The number of hydrogen-bond acceptors (Lipinski definition) is 5. The largest absolute Gasteiger partial charge is 0.497 e. The van der Waals surface area contributed by atoms with Crippen molar-refractivity contribution < 1.29 is 19.1 Å². The van der Waals surface area contributed by atoms with E-state index < -0.39 is 11.9 Å². The molecule has 0 fully saturated rings. The second kappa shape index (κ2) is 8.37. The first-order chi connectivity index (χ1) is 11.6. The van der Waals surface area contributed by atoms with Crippen LogP contribution in [0.5, 0.6) is 11.6 Å². The minimum absolute atomic E-state index is 0.265. The van der Waals surface area contributed by atoms with Crippen molar-refractivity contribution in [2.24, 2.45) is 0 Å². The van der Waals surface area contributed by atoms with Crippen LogP contribution >= 0.6 is 0 Å². The van der Waals surface area contributed by atoms with Gasteiger partial charge in [0.25, 0.3) is 5.91 Å². The van der Waals surface area contributed by atoms with Gasteiger partial charge in [-0.05, 0) is 29.8 Å². The molecule has 0 saturated carbocycles. The standard InChI is InChI=1S/C16H18N4O4/c1-23-13-6-4-12(5-7-13)15(21)19-20-16(22)18-10-11-3-8-14(24-2)17-9-11/h3-9H,10H2,1-2H3,(H,19,21)(H2,18,20,22). The topological polar surface area (TPSA) is 102 Å². The number of nitrogens with zero attached hydrogens (tertiary/aromatic N) is 1. The number of ether oxygens (including phenoxy) is 2. The Bertz CT molecular complexity index is 686. The van der Waals surface area contributed by atoms with Crippen molar-refractivity contribution in [2.75, 3.05) is 14.2 Å². The number of carbonyl (C=O) groups is 2. The normalized spacial score (nSPS) is 9.75. The van der Waals surface area contributed by atoms with Gasteiger partial charge in [0.1, 0.15) is 5.75 Å². The number of benzene rings is 1. The molecular weight excluding hydrogens is 312 g/mol. The minimum Gasteiger partial charge on any atom is -0.497 e. The SMILES string of the molecule is COc1ccc(C(=O)NNC(=O)NCc2ccc(OC)nc2)cc1. The number of aromatic nitrogens is 1. The molecule has 1 aromatic carbocycles. The summed E-state index contributed by atoms with van der Waals surface area (Å²) in [5, 5.41) is 2.60. The monoisotopic (exact) mass is 330 g/mol. The summed E-state index contributed by atoms with van der Waals surface area (Å²) in [5.74, 6) is 0.708. The number of rotatable bonds is 5. The molecule has 0 aliphatic heterocycles. The molecule has 2 aromatic rings. The zero-order valence-electron chi connectivity index (χ0n) is 13.3. The van der Waals surface area contributed by atoms with Gasteiger partial charge in [0.05, 0.1) is 14.2 Å². The van der Waals surface area contributed by atoms with E-state index in [2.05, 4.69) is 21.2 Å². The zero-order valence-corrected chi connectivity index (χ0v) is 13.3. The lowest BCUT2D eigenvalue weighted by molar-refractivity contribution is 0.0936. The molecule has 0 spiro atoms. The van der Waals surface area contributed by atoms with Crippen molar-refractivity contribution in [1.82, 2.24) is 21.2 Å². The summed E-state index contributed by atoms with van der Waals surface area (Å²) in [6.45, 7) is 0.265. The van der Waals surface area contributed by atoms with Gasteiger partial charge < -0.3 is 14.8 Å². The number of carbonyl (C=O) groups excluding carboxylic acids is 2. The number of methoxy groups -OCH3 is 2. The lowest BCUT2D eigenvalue weighted by atomic mass is 10.2. The predicted molar refractivity (Wildman–Crippen MR) is 86.6 cm³/mol. The van der Waals surface area contributed by atoms with E-state index in [1.54, 1.807) is 49.7 Å². The number of urea groups is 1. The van der Waals surface area contributed by atoms with E-state index in [0.717, 1.165) is 5.56 Å². The van der Waals surface area contributed by atoms with Gasteiger partial charge in [0.2, 0.25) is 5.88 Å². The van der Waals surface area contributed by atoms with Crippen molar-refractivity contribution in [2.45, 2.75) is 6.54 Å². The van der Waals surface area contributed by atoms with Crippen LogP contribution in [0.2, 0.25) is 0 Å². The van der Waals surface area contributed by atoms with Gasteiger partial charge >= 0.3 is 6.03 Å². The number of hydrazine groups is 1. The molecule has 3 N–H and O–H groups in total. The molecule has 2 rings (SSSR count). The van der Waals surface area contributed by atoms with Gasteiger partial charge in [-0.25, -0.2) is 15.2 Å². The molecule has 0 bridgehead atoms. The first-order valence-electron chi connectivity index (χ1n) is 7.09. The van der Waals surface area contributed by atoms with Crippen LogP contribution in [0.4, 0.5) is 4.79 Å². The van der Waals surface area contributed by atoms with E-state index >= 15 is 0 Å². The van der Waals surface area contributed by atoms with Crippen LogP contribution in [-0.2, 0) is 6.54 Å². The van der Waals surface area contributed by atoms with Crippen LogP contribution in [0.15, 0.2) is 42.6 Å². The summed E-state index contributed by atoms with van der Waals surface area (Å²) in [5.41, 5.74) is 5.79. The van der Waals surface area contributed by atoms with Crippen molar-refractivity contribution in [3.05, 3.63) is 53.7 Å². The molecule has 8 nitrogen and oxygen atoms in total. The Labute approximate surface area is 139 Å². The molecule has 0 saturated heterocycles. The fourth-order valence-corrected chi connectivity index (χ4v) is 1.79. The summed E-state index contributed by atoms with van der Waals surface area (Å²) in [4.78, 5) is 27.6. The highest BCUT2D eigenvalue weighted by Gasteiger charge is 2.07. The number of amides is 3. The molecule has 1 heterocycles. The summed E-state index contributed by atoms with van der Waals surface area (Å²) in [6.07, 6.45) is 1.59. The van der Waals surface area contributed by atoms with Crippen LogP contribution in [0.1, 0.15) is 15.9 Å². The van der Waals surface area contributed by atoms with E-state index in [0.29, 0.717) is 17.2 Å². The highest BCUT2D eigenvalue weighted by atomic mass is 16.5. The summed E-state index contributed by atoms with van der Waals surface area (Å²) in [6, 6.07) is 9.44. The van der Waals surface area contributed by atoms with Gasteiger partial charge in [-0.2, -0.15) is 0 Å². The molecule has 24 heavy (non-hydrogen) atoms. The maximum atomic E-state index is 11.9. The van der Waals surface area contributed by atoms with Crippen molar-refractivity contribution in [1.29, 1.82) is 0 Å². The smallest absolute Gasteiger partial charge is 0.333 e. The molecule has 0 unspecified atom stereocenters. The minimum atomic E-state index is -0.535. The molecule has 0 atom stereocenters. The lowest BCUT2D eigenvalue weighted by Crippen LogP contribution is -2.46. The van der Waals surface area contributed by atoms with E-state index in [1.807, 2.05) is 0 Å². The quantitative estimate of drug-likeness (QED) is 0.716. The molecular formula is C16H18N4O4. The fourth-order valence-electron chi connectivity index (χ4n) is 1.79. The Hall–Kier alpha value is -3.29. The number of hydrogen-bond donors (Lipinski definition) is 3. The average Bonchev–Trinajstić information content (AvgIpc) is 2.64. The predicted octanol–water partition coefficient (Wildman–Crippen LogP) is 1.24. The second-order valence-corrected chi connectivity index (χ2v) is 4.70. The first kappa shape index (κ1) is 17.1. The maximum absolute atomic E-state index is 11.9. The average molecular weight is 330 g/mol. The van der Waals surface area contributed by atoms with E-state index in [4.69, 9.17) is 9.47 Å². The first-order valence-corrected chi connectivity index (χ1v) is 7.09. The summed E-state index contributed by atoms with van der Waals surface area (Å²) in [7, 11) is 3.07. The summed E-state index contributed by atoms with van der Waals surface area (Å²) < 4.78 is 9.96. The van der Waals surface area contributed by atoms with Crippen LogP contribution < -0.4 is 25.6 Å². The fraction of sp³-hybridized carbons (Fsp3) is 0.188. The van der Waals surface area contributed by atoms with Crippen LogP contribution in [0, 0.1) is 0 Å². The van der Waals surface area contributed by atoms with Crippen LogP contribution in [0.3, 0.4) is 0 Å². The Kier molecular flexibility index (Phi) is 5.95. The molecule has 0 aliphatic rings. The van der Waals surface area contributed by atoms with Gasteiger partial charge in [-0.1, -0.05) is 6.07 Å². The van der Waals surface area contributed by atoms with Gasteiger partial charge in [0.15, 0.2) is 0 Å². The van der Waals surface area contributed by atoms with E-state index in [9.17, 15) is 9.59 Å². The number of pyridine rings is 1. The third-order valence-electron chi connectivity index (χ3n) is 3.10. The third kappa shape index (κ3) is 4.87. The second-order valence-electron chi connectivity index (χ2n) is 4.70. The Morgan fingerprint density at radius 2 is 1.75 bits per heavy atom. The van der Waals surface area contributed by atoms with E-state index in [1.165, 1.54) is 7.11 Å². The molecule has 0 radical (unpaired) electrons. The zero-order chi connectivity index (χ0) is 17.4. The van der Waals surface area contributed by atoms with Gasteiger partial charge in [0, 0.05) is 24.4 Å². The third-order valence-corrected chi connectivity index (χ3v) is 3.10. The molecule has 0 aliphatic carbocycles. The number of nitrogens with one attached hydrogen (secondary N) is 3. The highest BCUT2D eigenvalue weighted by Crippen LogP contribution is 2.10. The Morgan fingerprint density at radius 1 is 1.00 bits per heavy atom. The molecule has 126 valence electrons. The lowest BCUT2D eigenvalue weighted by Gasteiger charge is -2.09. The van der Waals surface area contributed by atoms with Gasteiger partial charge in [-0.15, -0.1) is 0 Å². The maximum Gasteiger partial charge on any atom is 0.333 e. The van der Waals surface area contributed by atoms with Gasteiger partial charge in [-0.3, -0.25) is 10.2 Å². The van der Waals surface area contributed by atoms with Crippen molar-refractivity contribution in [3.8, 4) is 11.6 Å². The molecule has 3 amide bonds. The molecule has 8 heteroatoms. The Morgan fingerprint density at radius 3 is 2.33 bits per heavy atom. The van der Waals surface area contributed by atoms with Crippen molar-refractivity contribution in [3.63, 3.8) is 0 Å². The summed E-state index contributed by atoms with van der Waals surface area (Å²) >= 11 is 0. The van der Waals surface area contributed by atoms with Crippen LogP contribution in [-0.4, -0.2) is 31.1 Å². The van der Waals surface area contributed by atoms with Crippen molar-refractivity contribution >= 4 is 11.9 Å². The van der Waals surface area contributed by atoms with E-state index in [-0.39, 0.29) is 6.54 Å². The molecule has 1 aromatic heterocycles. The highest BCUT2D eigenvalue weighted by molar-refractivity contribution is 5.95. The van der Waals surface area contributed by atoms with Crippen LogP contribution in [0.25, 0.3) is 0 Å².